The summed E-state index contributed by atoms with van der Waals surface area (Å²) in [4.78, 5) is 9.95. The van der Waals surface area contributed by atoms with E-state index in [0.717, 1.165) is 0 Å². The zero-order chi connectivity index (χ0) is 11.5. The smallest absolute Gasteiger partial charge is 0.140 e. The van der Waals surface area contributed by atoms with Crippen molar-refractivity contribution in [1.29, 1.82) is 0 Å². The molecular formula is C9H12ClN3O2S. The minimum atomic E-state index is -0.729. The molecule has 0 spiro atoms. The fourth-order valence-corrected chi connectivity index (χ4v) is 2.88. The molecule has 0 atom stereocenters. The number of hydrogen-bond acceptors (Lipinski definition) is 5. The van der Waals surface area contributed by atoms with Gasteiger partial charge in [0, 0.05) is 0 Å². The van der Waals surface area contributed by atoms with Crippen molar-refractivity contribution in [3.8, 4) is 0 Å². The van der Waals surface area contributed by atoms with E-state index in [-0.39, 0.29) is 11.8 Å². The maximum atomic E-state index is 11.2. The van der Waals surface area contributed by atoms with Crippen molar-refractivity contribution in [2.45, 2.75) is 6.61 Å². The number of anilines is 1. The van der Waals surface area contributed by atoms with Crippen LogP contribution in [-0.2, 0) is 17.8 Å². The molecule has 5 nitrogen and oxygen atoms in total. The van der Waals surface area contributed by atoms with Crippen LogP contribution in [0.3, 0.4) is 0 Å². The second kappa shape index (κ2) is 5.18. The molecule has 0 bridgehead atoms. The maximum absolute atomic E-state index is 11.2. The van der Waals surface area contributed by atoms with Gasteiger partial charge in [-0.2, -0.15) is 0 Å². The summed E-state index contributed by atoms with van der Waals surface area (Å²) in [6, 6.07) is 0. The van der Waals surface area contributed by atoms with Gasteiger partial charge in [-0.1, -0.05) is 22.8 Å². The third-order valence-corrected chi connectivity index (χ3v) is 4.11. The number of halogens is 1. The highest BCUT2D eigenvalue weighted by atomic mass is 35.5. The third-order valence-electron chi connectivity index (χ3n) is 2.51. The van der Waals surface area contributed by atoms with Gasteiger partial charge in [-0.3, -0.25) is 0 Å². The van der Waals surface area contributed by atoms with E-state index >= 15 is 0 Å². The number of aromatic nitrogens is 2. The summed E-state index contributed by atoms with van der Waals surface area (Å²) in [5, 5.41) is 9.51. The van der Waals surface area contributed by atoms with Crippen molar-refractivity contribution in [3.05, 3.63) is 17.0 Å². The first-order valence-corrected chi connectivity index (χ1v) is 6.79. The van der Waals surface area contributed by atoms with E-state index in [1.54, 1.807) is 0 Å². The standard InChI is InChI=1S/C9H12ClN3O2S/c10-8-7(5-14)9(12-6-11-8)13-1-3-16(15)4-2-13/h6,14H,1-5H2. The van der Waals surface area contributed by atoms with Crippen LogP contribution >= 0.6 is 11.6 Å². The Morgan fingerprint density at radius 3 is 2.75 bits per heavy atom. The highest BCUT2D eigenvalue weighted by Crippen LogP contribution is 2.24. The second-order valence-corrected chi connectivity index (χ2v) is 5.51. The number of aliphatic hydroxyl groups is 1. The van der Waals surface area contributed by atoms with Gasteiger partial charge in [0.15, 0.2) is 0 Å². The first kappa shape index (κ1) is 11.9. The lowest BCUT2D eigenvalue weighted by atomic mass is 10.3. The Labute approximate surface area is 102 Å². The van der Waals surface area contributed by atoms with Crippen molar-refractivity contribution in [2.75, 3.05) is 29.5 Å². The molecule has 2 rings (SSSR count). The van der Waals surface area contributed by atoms with Gasteiger partial charge in [0.25, 0.3) is 0 Å². The predicted molar refractivity (Wildman–Crippen MR) is 63.1 cm³/mol. The van der Waals surface area contributed by atoms with Crippen molar-refractivity contribution >= 4 is 28.6 Å². The van der Waals surface area contributed by atoms with E-state index in [0.29, 0.717) is 36.0 Å². The average Bonchev–Trinajstić information content (AvgIpc) is 2.30. The number of nitrogens with zero attached hydrogens (tertiary/aromatic N) is 3. The van der Waals surface area contributed by atoms with E-state index in [2.05, 4.69) is 9.97 Å². The van der Waals surface area contributed by atoms with Gasteiger partial charge in [0.2, 0.25) is 0 Å². The molecule has 1 N–H and O–H groups in total. The topological polar surface area (TPSA) is 72.3 Å². The first-order chi connectivity index (χ1) is 7.72. The van der Waals surface area contributed by atoms with Crippen LogP contribution in [-0.4, -0.2) is 44.2 Å². The van der Waals surface area contributed by atoms with E-state index < -0.39 is 11.2 Å². The highest BCUT2D eigenvalue weighted by molar-refractivity contribution is 7.91. The van der Waals surface area contributed by atoms with Crippen LogP contribution in [0.2, 0.25) is 5.15 Å². The SMILES string of the molecule is [O-][S+]1CCN(c2ncnc(Cl)c2CO)CC1. The Morgan fingerprint density at radius 2 is 2.12 bits per heavy atom. The number of rotatable bonds is 2. The minimum absolute atomic E-state index is 0.186. The van der Waals surface area contributed by atoms with Gasteiger partial charge in [-0.05, 0) is 0 Å². The highest BCUT2D eigenvalue weighted by Gasteiger charge is 2.23. The fourth-order valence-electron chi connectivity index (χ4n) is 1.64. The molecule has 1 aliphatic heterocycles. The van der Waals surface area contributed by atoms with Gasteiger partial charge in [0.1, 0.15) is 28.8 Å². The largest absolute Gasteiger partial charge is 0.616 e. The molecule has 0 amide bonds. The van der Waals surface area contributed by atoms with Crippen LogP contribution in [0, 0.1) is 0 Å². The number of aliphatic hydroxyl groups excluding tert-OH is 1. The van der Waals surface area contributed by atoms with Gasteiger partial charge < -0.3 is 14.6 Å². The van der Waals surface area contributed by atoms with Crippen molar-refractivity contribution in [2.24, 2.45) is 0 Å². The Balaban J connectivity index is 2.23. The molecule has 0 aromatic carbocycles. The van der Waals surface area contributed by atoms with E-state index in [9.17, 15) is 9.66 Å². The van der Waals surface area contributed by atoms with Gasteiger partial charge in [-0.25, -0.2) is 9.97 Å². The molecular weight excluding hydrogens is 250 g/mol. The van der Waals surface area contributed by atoms with Crippen molar-refractivity contribution < 1.29 is 9.66 Å². The van der Waals surface area contributed by atoms with Crippen molar-refractivity contribution in [1.82, 2.24) is 9.97 Å². The molecule has 1 saturated heterocycles. The molecule has 88 valence electrons. The lowest BCUT2D eigenvalue weighted by molar-refractivity contribution is 0.281. The zero-order valence-corrected chi connectivity index (χ0v) is 10.2. The van der Waals surface area contributed by atoms with Gasteiger partial charge >= 0.3 is 0 Å². The Hall–Kier alpha value is -0.560. The molecule has 1 aromatic rings. The maximum Gasteiger partial charge on any atom is 0.140 e. The lowest BCUT2D eigenvalue weighted by Gasteiger charge is -2.30. The summed E-state index contributed by atoms with van der Waals surface area (Å²) >= 11 is 5.15. The normalized spacial score (nSPS) is 17.8. The van der Waals surface area contributed by atoms with Gasteiger partial charge in [-0.15, -0.1) is 0 Å². The molecule has 0 radical (unpaired) electrons. The zero-order valence-electron chi connectivity index (χ0n) is 8.60. The van der Waals surface area contributed by atoms with E-state index in [4.69, 9.17) is 11.6 Å². The molecule has 16 heavy (non-hydrogen) atoms. The summed E-state index contributed by atoms with van der Waals surface area (Å²) in [6.45, 7) is 1.16. The monoisotopic (exact) mass is 261 g/mol. The quantitative estimate of drug-likeness (QED) is 0.608. The fraction of sp³-hybridized carbons (Fsp3) is 0.556. The first-order valence-electron chi connectivity index (χ1n) is 4.92. The van der Waals surface area contributed by atoms with Crippen LogP contribution in [0.5, 0.6) is 0 Å². The summed E-state index contributed by atoms with van der Waals surface area (Å²) in [5.41, 5.74) is 0.539. The minimum Gasteiger partial charge on any atom is -0.616 e. The van der Waals surface area contributed by atoms with Crippen LogP contribution in [0.4, 0.5) is 5.82 Å². The molecule has 0 unspecified atom stereocenters. The molecule has 1 fully saturated rings. The van der Waals surface area contributed by atoms with Crippen LogP contribution in [0.1, 0.15) is 5.56 Å². The molecule has 7 heteroatoms. The Kier molecular flexibility index (Phi) is 3.86. The Morgan fingerprint density at radius 1 is 1.44 bits per heavy atom. The third kappa shape index (κ3) is 2.40. The molecule has 0 aliphatic carbocycles. The van der Waals surface area contributed by atoms with E-state index in [1.165, 1.54) is 6.33 Å². The molecule has 2 heterocycles. The Bertz CT molecular complexity index is 372. The van der Waals surface area contributed by atoms with Crippen LogP contribution in [0.25, 0.3) is 0 Å². The summed E-state index contributed by atoms with van der Waals surface area (Å²) in [7, 11) is 0. The summed E-state index contributed by atoms with van der Waals surface area (Å²) in [5.74, 6) is 1.91. The molecule has 1 aromatic heterocycles. The second-order valence-electron chi connectivity index (χ2n) is 3.46. The lowest BCUT2D eigenvalue weighted by Crippen LogP contribution is -2.41. The van der Waals surface area contributed by atoms with Crippen molar-refractivity contribution in [3.63, 3.8) is 0 Å². The molecule has 1 aliphatic rings. The summed E-state index contributed by atoms with van der Waals surface area (Å²) < 4.78 is 11.2. The predicted octanol–water partition coefficient (Wildman–Crippen LogP) is 0.191. The molecule has 0 saturated carbocycles. The van der Waals surface area contributed by atoms with Crippen LogP contribution < -0.4 is 4.90 Å². The number of hydrogen-bond donors (Lipinski definition) is 1. The van der Waals surface area contributed by atoms with Crippen LogP contribution in [0.15, 0.2) is 6.33 Å². The average molecular weight is 262 g/mol. The summed E-state index contributed by atoms with van der Waals surface area (Å²) in [6.07, 6.45) is 1.38. The van der Waals surface area contributed by atoms with Gasteiger partial charge in [0.05, 0.1) is 25.3 Å². The van der Waals surface area contributed by atoms with E-state index in [1.807, 2.05) is 4.90 Å².